The minimum absolute atomic E-state index is 0.0188. The maximum Gasteiger partial charge on any atom is 0.260 e. The summed E-state index contributed by atoms with van der Waals surface area (Å²) in [6.45, 7) is 0.191. The molecule has 2 rings (SSSR count). The van der Waals surface area contributed by atoms with E-state index in [1.54, 1.807) is 18.2 Å². The molecule has 0 atom stereocenters. The predicted octanol–water partition coefficient (Wildman–Crippen LogP) is 0.601. The number of carbonyl (C=O) groups is 1. The molecule has 0 saturated heterocycles. The van der Waals surface area contributed by atoms with Crippen molar-refractivity contribution in [2.24, 2.45) is 0 Å². The molecule has 0 bridgehead atoms. The van der Waals surface area contributed by atoms with Crippen LogP contribution in [0.1, 0.15) is 6.42 Å². The molecule has 17 heavy (non-hydrogen) atoms. The highest BCUT2D eigenvalue weighted by molar-refractivity contribution is 7.89. The van der Waals surface area contributed by atoms with E-state index in [1.165, 1.54) is 18.3 Å². The Morgan fingerprint density at radius 2 is 2.12 bits per heavy atom. The summed E-state index contributed by atoms with van der Waals surface area (Å²) in [7, 11) is -3.66. The van der Waals surface area contributed by atoms with Gasteiger partial charge in [-0.2, -0.15) is 4.31 Å². The van der Waals surface area contributed by atoms with Crippen molar-refractivity contribution in [3.8, 4) is 0 Å². The molecule has 0 saturated carbocycles. The number of aromatic nitrogens is 1. The molecule has 0 aliphatic carbocycles. The molecule has 1 aliphatic heterocycles. The molecule has 0 unspecified atom stereocenters. The van der Waals surface area contributed by atoms with Gasteiger partial charge in [-0.15, -0.1) is 0 Å². The quantitative estimate of drug-likeness (QED) is 0.773. The first-order valence-corrected chi connectivity index (χ1v) is 6.65. The molecule has 5 nitrogen and oxygen atoms in total. The van der Waals surface area contributed by atoms with Crippen LogP contribution >= 0.6 is 0 Å². The molecule has 2 heterocycles. The molecule has 90 valence electrons. The van der Waals surface area contributed by atoms with Crippen molar-refractivity contribution in [3.63, 3.8) is 0 Å². The molecule has 0 aromatic carbocycles. The fraction of sp³-hybridized carbons (Fsp3) is 0.273. The maximum atomic E-state index is 12.2. The Kier molecular flexibility index (Phi) is 3.35. The van der Waals surface area contributed by atoms with Gasteiger partial charge < -0.3 is 0 Å². The van der Waals surface area contributed by atoms with Crippen LogP contribution in [0, 0.1) is 0 Å². The van der Waals surface area contributed by atoms with Gasteiger partial charge in [0.15, 0.2) is 10.8 Å². The Labute approximate surface area is 99.8 Å². The number of hydrogen-bond acceptors (Lipinski definition) is 4. The van der Waals surface area contributed by atoms with Crippen LogP contribution in [0.5, 0.6) is 0 Å². The summed E-state index contributed by atoms with van der Waals surface area (Å²) in [5.74, 6) is -0.206. The van der Waals surface area contributed by atoms with Crippen LogP contribution in [0.25, 0.3) is 0 Å². The third kappa shape index (κ3) is 2.59. The summed E-state index contributed by atoms with van der Waals surface area (Å²) in [5.41, 5.74) is 0. The van der Waals surface area contributed by atoms with Crippen molar-refractivity contribution in [3.05, 3.63) is 36.5 Å². The van der Waals surface area contributed by atoms with E-state index in [0.29, 0.717) is 13.0 Å². The number of ketones is 1. The zero-order valence-electron chi connectivity index (χ0n) is 9.11. The largest absolute Gasteiger partial charge is 0.293 e. The summed E-state index contributed by atoms with van der Waals surface area (Å²) < 4.78 is 25.5. The van der Waals surface area contributed by atoms with Gasteiger partial charge in [0.2, 0.25) is 0 Å². The Morgan fingerprint density at radius 1 is 1.29 bits per heavy atom. The molecule has 0 fully saturated rings. The fourth-order valence-electron chi connectivity index (χ4n) is 1.58. The van der Waals surface area contributed by atoms with Gasteiger partial charge in [-0.05, 0) is 24.6 Å². The third-order valence-corrected chi connectivity index (χ3v) is 4.18. The molecule has 6 heteroatoms. The Morgan fingerprint density at radius 3 is 2.82 bits per heavy atom. The van der Waals surface area contributed by atoms with E-state index >= 15 is 0 Å². The van der Waals surface area contributed by atoms with E-state index in [2.05, 4.69) is 4.98 Å². The lowest BCUT2D eigenvalue weighted by molar-refractivity contribution is -0.114. The number of sulfonamides is 1. The van der Waals surface area contributed by atoms with Crippen LogP contribution in [-0.2, 0) is 14.8 Å². The molecular formula is C11H12N2O3S. The van der Waals surface area contributed by atoms with Gasteiger partial charge in [0, 0.05) is 12.7 Å². The molecule has 0 amide bonds. The van der Waals surface area contributed by atoms with Gasteiger partial charge in [-0.1, -0.05) is 12.1 Å². The normalized spacial score (nSPS) is 18.0. The Hall–Kier alpha value is -1.53. The van der Waals surface area contributed by atoms with E-state index in [4.69, 9.17) is 0 Å². The summed E-state index contributed by atoms with van der Waals surface area (Å²) in [4.78, 5) is 15.2. The van der Waals surface area contributed by atoms with Crippen molar-refractivity contribution in [2.45, 2.75) is 11.4 Å². The average molecular weight is 252 g/mol. The van der Waals surface area contributed by atoms with Gasteiger partial charge in [0.05, 0.1) is 6.54 Å². The van der Waals surface area contributed by atoms with Gasteiger partial charge in [-0.3, -0.25) is 4.79 Å². The number of hydrogen-bond donors (Lipinski definition) is 0. The number of rotatable bonds is 2. The first kappa shape index (κ1) is 11.9. The van der Waals surface area contributed by atoms with Gasteiger partial charge in [0.1, 0.15) is 0 Å². The van der Waals surface area contributed by atoms with Gasteiger partial charge >= 0.3 is 0 Å². The smallest absolute Gasteiger partial charge is 0.260 e. The molecular weight excluding hydrogens is 240 g/mol. The second-order valence-electron chi connectivity index (χ2n) is 3.66. The highest BCUT2D eigenvalue weighted by Gasteiger charge is 2.27. The van der Waals surface area contributed by atoms with E-state index < -0.39 is 10.0 Å². The first-order valence-electron chi connectivity index (χ1n) is 5.21. The van der Waals surface area contributed by atoms with Gasteiger partial charge in [-0.25, -0.2) is 13.4 Å². The highest BCUT2D eigenvalue weighted by atomic mass is 32.2. The van der Waals surface area contributed by atoms with Gasteiger partial charge in [0.25, 0.3) is 10.0 Å². The second-order valence-corrected chi connectivity index (χ2v) is 5.55. The summed E-state index contributed by atoms with van der Waals surface area (Å²) in [6.07, 6.45) is 5.08. The minimum atomic E-state index is -3.66. The van der Waals surface area contributed by atoms with Crippen molar-refractivity contribution in [2.75, 3.05) is 13.1 Å². The highest BCUT2D eigenvalue weighted by Crippen LogP contribution is 2.14. The van der Waals surface area contributed by atoms with Crippen molar-refractivity contribution < 1.29 is 13.2 Å². The fourth-order valence-corrected chi connectivity index (χ4v) is 2.93. The molecule has 0 radical (unpaired) electrons. The predicted molar refractivity (Wildman–Crippen MR) is 61.8 cm³/mol. The second kappa shape index (κ2) is 4.77. The average Bonchev–Trinajstić information content (AvgIpc) is 2.55. The Bertz CT molecular complexity index is 537. The van der Waals surface area contributed by atoms with Crippen LogP contribution in [0.3, 0.4) is 0 Å². The number of carbonyl (C=O) groups excluding carboxylic acids is 1. The number of nitrogens with zero attached hydrogens (tertiary/aromatic N) is 2. The van der Waals surface area contributed by atoms with Crippen LogP contribution in [0.15, 0.2) is 41.6 Å². The minimum Gasteiger partial charge on any atom is -0.293 e. The lowest BCUT2D eigenvalue weighted by Gasteiger charge is -2.18. The van der Waals surface area contributed by atoms with E-state index in [-0.39, 0.29) is 17.4 Å². The third-order valence-electron chi connectivity index (χ3n) is 2.42. The zero-order chi connectivity index (χ0) is 12.3. The Balaban J connectivity index is 2.30. The van der Waals surface area contributed by atoms with Crippen LogP contribution in [0.2, 0.25) is 0 Å². The first-order chi connectivity index (χ1) is 8.10. The van der Waals surface area contributed by atoms with Crippen molar-refractivity contribution >= 4 is 15.8 Å². The molecule has 0 N–H and O–H groups in total. The summed E-state index contributed by atoms with van der Waals surface area (Å²) >= 11 is 0. The zero-order valence-corrected chi connectivity index (χ0v) is 9.93. The van der Waals surface area contributed by atoms with E-state index in [9.17, 15) is 13.2 Å². The van der Waals surface area contributed by atoms with E-state index in [0.717, 1.165) is 4.31 Å². The van der Waals surface area contributed by atoms with Crippen LogP contribution in [0.4, 0.5) is 0 Å². The topological polar surface area (TPSA) is 67.3 Å². The molecule has 1 aromatic rings. The lowest BCUT2D eigenvalue weighted by atomic mass is 10.3. The lowest BCUT2D eigenvalue weighted by Crippen LogP contribution is -2.35. The van der Waals surface area contributed by atoms with Crippen LogP contribution < -0.4 is 0 Å². The molecule has 1 aromatic heterocycles. The summed E-state index contributed by atoms with van der Waals surface area (Å²) in [6, 6.07) is 4.68. The SMILES string of the molecule is O=C1C=CCCN(S(=O)(=O)c2ccccn2)C1. The van der Waals surface area contributed by atoms with Crippen LogP contribution in [-0.4, -0.2) is 36.6 Å². The van der Waals surface area contributed by atoms with Crippen molar-refractivity contribution in [1.29, 1.82) is 0 Å². The molecule has 0 spiro atoms. The standard InChI is InChI=1S/C11H12N2O3S/c14-10-5-2-4-8-13(9-10)17(15,16)11-6-1-3-7-12-11/h1-3,5-7H,4,8-9H2. The maximum absolute atomic E-state index is 12.2. The number of pyridine rings is 1. The van der Waals surface area contributed by atoms with Crippen molar-refractivity contribution in [1.82, 2.24) is 9.29 Å². The monoisotopic (exact) mass is 252 g/mol. The molecule has 1 aliphatic rings. The summed E-state index contributed by atoms with van der Waals surface area (Å²) in [5, 5.41) is -0.0188. The van der Waals surface area contributed by atoms with E-state index in [1.807, 2.05) is 0 Å².